The van der Waals surface area contributed by atoms with E-state index in [-0.39, 0.29) is 4.90 Å². The molecule has 1 heterocycles. The van der Waals surface area contributed by atoms with Crippen LogP contribution in [0.5, 0.6) is 0 Å². The van der Waals surface area contributed by atoms with Crippen molar-refractivity contribution in [1.82, 2.24) is 10.2 Å². The molecule has 0 radical (unpaired) electrons. The number of carbonyl (C=O) groups excluding carboxylic acids is 1. The van der Waals surface area contributed by atoms with Gasteiger partial charge in [0, 0.05) is 12.3 Å². The molecule has 0 aromatic rings. The van der Waals surface area contributed by atoms with Gasteiger partial charge in [-0.3, -0.25) is 9.69 Å². The summed E-state index contributed by atoms with van der Waals surface area (Å²) in [5, 5.41) is 2.02. The zero-order valence-corrected chi connectivity index (χ0v) is 5.35. The third kappa shape index (κ3) is 1.86. The summed E-state index contributed by atoms with van der Waals surface area (Å²) in [6.07, 6.45) is -2.87. The molecular formula is C5H5F3N2O. The van der Waals surface area contributed by atoms with Gasteiger partial charge in [0.2, 0.25) is 5.91 Å². The van der Waals surface area contributed by atoms with Crippen LogP contribution in [0, 0.1) is 0 Å². The zero-order chi connectivity index (χ0) is 8.48. The first-order chi connectivity index (χ1) is 5.00. The Labute approximate surface area is 60.5 Å². The maximum absolute atomic E-state index is 11.8. The van der Waals surface area contributed by atoms with Gasteiger partial charge in [0.25, 0.3) is 0 Å². The van der Waals surface area contributed by atoms with Gasteiger partial charge in [-0.15, -0.1) is 0 Å². The van der Waals surface area contributed by atoms with Gasteiger partial charge in [-0.1, -0.05) is 0 Å². The van der Waals surface area contributed by atoms with Crippen LogP contribution >= 0.6 is 0 Å². The van der Waals surface area contributed by atoms with Crippen molar-refractivity contribution in [1.29, 1.82) is 0 Å². The Balaban J connectivity index is 2.65. The average Bonchev–Trinajstić information content (AvgIpc) is 1.86. The minimum atomic E-state index is -4.41. The van der Waals surface area contributed by atoms with E-state index in [4.69, 9.17) is 0 Å². The second kappa shape index (κ2) is 2.44. The number of nitrogens with zero attached hydrogens (tertiary/aromatic N) is 1. The number of rotatable bonds is 0. The van der Waals surface area contributed by atoms with E-state index in [1.54, 1.807) is 0 Å². The van der Waals surface area contributed by atoms with Crippen LogP contribution in [0.25, 0.3) is 0 Å². The highest BCUT2D eigenvalue weighted by Crippen LogP contribution is 2.21. The Hall–Kier alpha value is -1.20. The summed E-state index contributed by atoms with van der Waals surface area (Å²) in [6, 6.07) is 0. The molecule has 1 aliphatic heterocycles. The normalized spacial score (nSPS) is 18.5. The fourth-order valence-electron chi connectivity index (χ4n) is 0.607. The first kappa shape index (κ1) is 7.90. The Morgan fingerprint density at radius 1 is 1.55 bits per heavy atom. The maximum Gasteiger partial charge on any atom is 0.485 e. The van der Waals surface area contributed by atoms with E-state index in [1.807, 2.05) is 5.32 Å². The number of nitrogens with one attached hydrogen (secondary N) is 1. The molecule has 0 aromatic heterocycles. The molecule has 0 unspecified atom stereocenters. The quantitative estimate of drug-likeness (QED) is 0.528. The van der Waals surface area contributed by atoms with Crippen LogP contribution in [0.2, 0.25) is 0 Å². The molecule has 3 nitrogen and oxygen atoms in total. The van der Waals surface area contributed by atoms with Crippen LogP contribution in [-0.4, -0.2) is 23.8 Å². The molecule has 1 N–H and O–H groups in total. The molecule has 1 rings (SSSR count). The van der Waals surface area contributed by atoms with E-state index < -0.39 is 18.9 Å². The second-order valence-electron chi connectivity index (χ2n) is 1.95. The smallest absolute Gasteiger partial charge is 0.335 e. The van der Waals surface area contributed by atoms with E-state index in [0.29, 0.717) is 6.20 Å². The van der Waals surface area contributed by atoms with Gasteiger partial charge in [-0.05, 0) is 0 Å². The molecule has 0 atom stereocenters. The van der Waals surface area contributed by atoms with Gasteiger partial charge < -0.3 is 5.32 Å². The van der Waals surface area contributed by atoms with Crippen LogP contribution in [0.4, 0.5) is 13.2 Å². The lowest BCUT2D eigenvalue weighted by Gasteiger charge is -2.25. The Kier molecular flexibility index (Phi) is 1.76. The fraction of sp³-hybridized carbons (Fsp3) is 0.400. The molecular weight excluding hydrogens is 161 g/mol. The summed E-state index contributed by atoms with van der Waals surface area (Å²) in [6.45, 7) is -0.515. The molecule has 0 spiro atoms. The van der Waals surface area contributed by atoms with Crippen molar-refractivity contribution in [2.24, 2.45) is 0 Å². The van der Waals surface area contributed by atoms with E-state index in [2.05, 4.69) is 0 Å². The second-order valence-corrected chi connectivity index (χ2v) is 1.95. The van der Waals surface area contributed by atoms with Gasteiger partial charge in [0.05, 0.1) is 6.67 Å². The van der Waals surface area contributed by atoms with Gasteiger partial charge in [0.15, 0.2) is 0 Å². The van der Waals surface area contributed by atoms with Crippen molar-refractivity contribution in [3.63, 3.8) is 0 Å². The van der Waals surface area contributed by atoms with Gasteiger partial charge in [0.1, 0.15) is 0 Å². The molecule has 1 aliphatic rings. The zero-order valence-electron chi connectivity index (χ0n) is 5.35. The molecule has 0 aromatic carbocycles. The SMILES string of the molecule is O=C1C=CN(C(F)(F)F)CN1. The fourth-order valence-corrected chi connectivity index (χ4v) is 0.607. The largest absolute Gasteiger partial charge is 0.485 e. The standard InChI is InChI=1S/C5H5F3N2O/c6-5(7,8)10-2-1-4(11)9-3-10/h1-2H,3H2,(H,9,11). The predicted octanol–water partition coefficient (Wildman–Crippen LogP) is 0.409. The number of hydrogen-bond acceptors (Lipinski definition) is 2. The lowest BCUT2D eigenvalue weighted by molar-refractivity contribution is -0.229. The minimum Gasteiger partial charge on any atom is -0.335 e. The van der Waals surface area contributed by atoms with E-state index in [9.17, 15) is 18.0 Å². The van der Waals surface area contributed by atoms with Crippen molar-refractivity contribution in [3.05, 3.63) is 12.3 Å². The van der Waals surface area contributed by atoms with Crippen LogP contribution in [-0.2, 0) is 4.79 Å². The van der Waals surface area contributed by atoms with E-state index in [0.717, 1.165) is 6.08 Å². The van der Waals surface area contributed by atoms with Crippen molar-refractivity contribution in [2.75, 3.05) is 6.67 Å². The first-order valence-electron chi connectivity index (χ1n) is 2.79. The first-order valence-corrected chi connectivity index (χ1v) is 2.79. The van der Waals surface area contributed by atoms with Crippen molar-refractivity contribution in [2.45, 2.75) is 6.30 Å². The summed E-state index contributed by atoms with van der Waals surface area (Å²) in [4.78, 5) is 10.4. The molecule has 1 amide bonds. The van der Waals surface area contributed by atoms with E-state index >= 15 is 0 Å². The molecule has 0 bridgehead atoms. The number of carbonyl (C=O) groups is 1. The monoisotopic (exact) mass is 166 g/mol. The highest BCUT2D eigenvalue weighted by molar-refractivity contribution is 5.87. The Bertz CT molecular complexity index is 198. The van der Waals surface area contributed by atoms with Crippen molar-refractivity contribution in [3.8, 4) is 0 Å². The van der Waals surface area contributed by atoms with Crippen LogP contribution in [0.1, 0.15) is 0 Å². The third-order valence-electron chi connectivity index (χ3n) is 1.16. The van der Waals surface area contributed by atoms with Gasteiger partial charge >= 0.3 is 6.30 Å². The molecule has 6 heteroatoms. The summed E-state index contributed by atoms with van der Waals surface area (Å²) < 4.78 is 35.4. The van der Waals surface area contributed by atoms with Crippen molar-refractivity contribution >= 4 is 5.91 Å². The highest BCUT2D eigenvalue weighted by atomic mass is 19.4. The van der Waals surface area contributed by atoms with Gasteiger partial charge in [-0.2, -0.15) is 13.2 Å². The molecule has 62 valence electrons. The highest BCUT2D eigenvalue weighted by Gasteiger charge is 2.36. The number of halogens is 3. The van der Waals surface area contributed by atoms with Crippen LogP contribution < -0.4 is 5.32 Å². The van der Waals surface area contributed by atoms with Crippen LogP contribution in [0.15, 0.2) is 12.3 Å². The molecule has 0 saturated heterocycles. The lowest BCUT2D eigenvalue weighted by atomic mass is 10.5. The number of hydrogen-bond donors (Lipinski definition) is 1. The Morgan fingerprint density at radius 2 is 2.18 bits per heavy atom. The topological polar surface area (TPSA) is 32.3 Å². The summed E-state index contributed by atoms with van der Waals surface area (Å²) in [5.74, 6) is -0.509. The molecule has 0 aliphatic carbocycles. The van der Waals surface area contributed by atoms with Crippen LogP contribution in [0.3, 0.4) is 0 Å². The lowest BCUT2D eigenvalue weighted by Crippen LogP contribution is -2.45. The third-order valence-corrected chi connectivity index (χ3v) is 1.16. The average molecular weight is 166 g/mol. The summed E-state index contributed by atoms with van der Waals surface area (Å²) in [7, 11) is 0. The number of amides is 1. The number of alkyl halides is 3. The van der Waals surface area contributed by atoms with Gasteiger partial charge in [-0.25, -0.2) is 0 Å². The minimum absolute atomic E-state index is 0.0778. The molecule has 11 heavy (non-hydrogen) atoms. The molecule has 0 fully saturated rings. The summed E-state index contributed by atoms with van der Waals surface area (Å²) in [5.41, 5.74) is 0. The Morgan fingerprint density at radius 3 is 2.55 bits per heavy atom. The maximum atomic E-state index is 11.8. The van der Waals surface area contributed by atoms with E-state index in [1.165, 1.54) is 0 Å². The summed E-state index contributed by atoms with van der Waals surface area (Å²) >= 11 is 0. The van der Waals surface area contributed by atoms with Crippen molar-refractivity contribution < 1.29 is 18.0 Å². The molecule has 0 saturated carbocycles. The predicted molar refractivity (Wildman–Crippen MR) is 30.0 cm³/mol.